The number of aliphatic hydroxyl groups is 1. The molecule has 0 bridgehead atoms. The standard InChI is InChI=1S/C24H38N2O3/c1-14(2)9-18-13-26-8-7-17-10-15(3)16(4)11-19(17)20(26)12-21(18)29-23(27)22(25)24(5,6)28/h10-11,14,18,20-22,28H,7-9,12-13,25H2,1-6H3/t18-,20-,21-,22-/m1/s1. The van der Waals surface area contributed by atoms with E-state index in [0.717, 1.165) is 32.4 Å². The second kappa shape index (κ2) is 8.37. The fraction of sp³-hybridized carbons (Fsp3) is 0.708. The average molecular weight is 403 g/mol. The monoisotopic (exact) mass is 402 g/mol. The van der Waals surface area contributed by atoms with Gasteiger partial charge in [0, 0.05) is 31.5 Å². The van der Waals surface area contributed by atoms with Crippen LogP contribution in [0.4, 0.5) is 0 Å². The van der Waals surface area contributed by atoms with Crippen LogP contribution in [0.25, 0.3) is 0 Å². The SMILES string of the molecule is Cc1cc2c(cc1C)[C@H]1C[C@@H](OC(=O)[C@@H](N)C(C)(C)O)[C@H](CC(C)C)CN1CC2. The Hall–Kier alpha value is -1.43. The number of carbonyl (C=O) groups is 1. The third-order valence-electron chi connectivity index (χ3n) is 6.73. The lowest BCUT2D eigenvalue weighted by Crippen LogP contribution is -2.54. The first-order valence-electron chi connectivity index (χ1n) is 11.0. The topological polar surface area (TPSA) is 75.8 Å². The molecule has 0 amide bonds. The Morgan fingerprint density at radius 3 is 2.59 bits per heavy atom. The summed E-state index contributed by atoms with van der Waals surface area (Å²) < 4.78 is 5.96. The van der Waals surface area contributed by atoms with Crippen molar-refractivity contribution in [2.24, 2.45) is 17.6 Å². The fourth-order valence-electron chi connectivity index (χ4n) is 4.85. The number of esters is 1. The van der Waals surface area contributed by atoms with E-state index in [1.807, 2.05) is 0 Å². The van der Waals surface area contributed by atoms with Crippen molar-refractivity contribution in [2.75, 3.05) is 13.1 Å². The fourth-order valence-corrected chi connectivity index (χ4v) is 4.85. The number of benzene rings is 1. The number of rotatable bonds is 5. The Balaban J connectivity index is 1.86. The molecule has 0 saturated carbocycles. The quantitative estimate of drug-likeness (QED) is 0.739. The highest BCUT2D eigenvalue weighted by Crippen LogP contribution is 2.42. The van der Waals surface area contributed by atoms with Gasteiger partial charge < -0.3 is 15.6 Å². The molecule has 0 spiro atoms. The van der Waals surface area contributed by atoms with Gasteiger partial charge >= 0.3 is 5.97 Å². The van der Waals surface area contributed by atoms with Crippen LogP contribution < -0.4 is 5.73 Å². The highest BCUT2D eigenvalue weighted by Gasteiger charge is 2.42. The van der Waals surface area contributed by atoms with Gasteiger partial charge in [0.05, 0.1) is 5.60 Å². The molecule has 1 saturated heterocycles. The summed E-state index contributed by atoms with van der Waals surface area (Å²) >= 11 is 0. The number of hydrogen-bond acceptors (Lipinski definition) is 5. The third kappa shape index (κ3) is 4.84. The number of nitrogens with zero attached hydrogens (tertiary/aromatic N) is 1. The van der Waals surface area contributed by atoms with Crippen LogP contribution in [0.2, 0.25) is 0 Å². The van der Waals surface area contributed by atoms with E-state index in [4.69, 9.17) is 10.5 Å². The van der Waals surface area contributed by atoms with Gasteiger partial charge in [-0.1, -0.05) is 26.0 Å². The maximum absolute atomic E-state index is 12.7. The summed E-state index contributed by atoms with van der Waals surface area (Å²) in [4.78, 5) is 15.2. The first-order chi connectivity index (χ1) is 13.5. The van der Waals surface area contributed by atoms with Gasteiger partial charge in [-0.3, -0.25) is 9.69 Å². The number of aryl methyl sites for hydroxylation is 2. The summed E-state index contributed by atoms with van der Waals surface area (Å²) in [6.45, 7) is 13.9. The van der Waals surface area contributed by atoms with Gasteiger partial charge in [0.25, 0.3) is 0 Å². The predicted molar refractivity (Wildman–Crippen MR) is 116 cm³/mol. The normalized spacial score (nSPS) is 26.0. The van der Waals surface area contributed by atoms with Gasteiger partial charge in [-0.2, -0.15) is 0 Å². The lowest BCUT2D eigenvalue weighted by molar-refractivity contribution is -0.164. The minimum atomic E-state index is -1.29. The summed E-state index contributed by atoms with van der Waals surface area (Å²) in [6, 6.07) is 3.89. The molecule has 1 fully saturated rings. The van der Waals surface area contributed by atoms with E-state index in [1.165, 1.54) is 22.3 Å². The highest BCUT2D eigenvalue weighted by atomic mass is 16.5. The van der Waals surface area contributed by atoms with Crippen molar-refractivity contribution in [3.63, 3.8) is 0 Å². The van der Waals surface area contributed by atoms with Crippen LogP contribution in [0.1, 0.15) is 68.8 Å². The molecular formula is C24H38N2O3. The molecule has 2 aliphatic rings. The number of nitrogens with two attached hydrogens (primary N) is 1. The van der Waals surface area contributed by atoms with Crippen molar-refractivity contribution in [2.45, 2.75) is 84.6 Å². The Labute approximate surface area is 175 Å². The van der Waals surface area contributed by atoms with Crippen LogP contribution in [-0.2, 0) is 16.0 Å². The van der Waals surface area contributed by atoms with E-state index in [2.05, 4.69) is 44.7 Å². The van der Waals surface area contributed by atoms with Crippen LogP contribution in [0.5, 0.6) is 0 Å². The summed E-state index contributed by atoms with van der Waals surface area (Å²) in [5.41, 5.74) is 10.1. The second-order valence-corrected chi connectivity index (χ2v) is 10.1. The van der Waals surface area contributed by atoms with Gasteiger partial charge in [0.15, 0.2) is 0 Å². The summed E-state index contributed by atoms with van der Waals surface area (Å²) in [5.74, 6) is 0.320. The molecule has 0 unspecified atom stereocenters. The number of piperidine rings is 1. The van der Waals surface area contributed by atoms with Gasteiger partial charge in [0.1, 0.15) is 12.1 Å². The summed E-state index contributed by atoms with van der Waals surface area (Å²) in [7, 11) is 0. The van der Waals surface area contributed by atoms with Gasteiger partial charge in [-0.15, -0.1) is 0 Å². The number of carbonyl (C=O) groups excluding carboxylic acids is 1. The minimum absolute atomic E-state index is 0.174. The Morgan fingerprint density at radius 1 is 1.31 bits per heavy atom. The molecule has 5 heteroatoms. The first-order valence-corrected chi connectivity index (χ1v) is 11.0. The lowest BCUT2D eigenvalue weighted by atomic mass is 9.78. The molecule has 5 nitrogen and oxygen atoms in total. The largest absolute Gasteiger partial charge is 0.461 e. The first kappa shape index (κ1) is 22.3. The van der Waals surface area contributed by atoms with Crippen LogP contribution in [-0.4, -0.2) is 46.8 Å². The molecule has 2 aliphatic heterocycles. The smallest absolute Gasteiger partial charge is 0.326 e. The number of ether oxygens (including phenoxy) is 1. The average Bonchev–Trinajstić information content (AvgIpc) is 2.61. The van der Waals surface area contributed by atoms with Gasteiger partial charge in [-0.05, 0) is 68.7 Å². The minimum Gasteiger partial charge on any atom is -0.461 e. The van der Waals surface area contributed by atoms with Crippen molar-refractivity contribution >= 4 is 5.97 Å². The maximum atomic E-state index is 12.7. The lowest BCUT2D eigenvalue weighted by Gasteiger charge is -2.47. The van der Waals surface area contributed by atoms with Crippen molar-refractivity contribution in [1.82, 2.24) is 4.90 Å². The van der Waals surface area contributed by atoms with E-state index >= 15 is 0 Å². The Morgan fingerprint density at radius 2 is 1.97 bits per heavy atom. The molecule has 162 valence electrons. The zero-order valence-corrected chi connectivity index (χ0v) is 18.9. The zero-order valence-electron chi connectivity index (χ0n) is 18.9. The van der Waals surface area contributed by atoms with Crippen molar-refractivity contribution < 1.29 is 14.6 Å². The van der Waals surface area contributed by atoms with Crippen LogP contribution in [0.3, 0.4) is 0 Å². The zero-order chi connectivity index (χ0) is 21.5. The van der Waals surface area contributed by atoms with E-state index in [-0.39, 0.29) is 18.1 Å². The predicted octanol–water partition coefficient (Wildman–Crippen LogP) is 3.28. The molecule has 3 N–H and O–H groups in total. The van der Waals surface area contributed by atoms with Crippen molar-refractivity contribution in [3.05, 3.63) is 34.4 Å². The second-order valence-electron chi connectivity index (χ2n) is 10.1. The van der Waals surface area contributed by atoms with E-state index < -0.39 is 17.6 Å². The molecule has 29 heavy (non-hydrogen) atoms. The van der Waals surface area contributed by atoms with Crippen molar-refractivity contribution in [1.29, 1.82) is 0 Å². The molecule has 1 aromatic carbocycles. The summed E-state index contributed by atoms with van der Waals surface area (Å²) in [5, 5.41) is 10.1. The summed E-state index contributed by atoms with van der Waals surface area (Å²) in [6.07, 6.45) is 2.71. The molecule has 0 aliphatic carbocycles. The number of fused-ring (bicyclic) bond motifs is 3. The third-order valence-corrected chi connectivity index (χ3v) is 6.73. The molecule has 4 atom stereocenters. The van der Waals surface area contributed by atoms with E-state index in [9.17, 15) is 9.90 Å². The van der Waals surface area contributed by atoms with Gasteiger partial charge in [-0.25, -0.2) is 0 Å². The van der Waals surface area contributed by atoms with Crippen molar-refractivity contribution in [3.8, 4) is 0 Å². The van der Waals surface area contributed by atoms with E-state index in [0.29, 0.717) is 5.92 Å². The van der Waals surface area contributed by atoms with Crippen LogP contribution >= 0.6 is 0 Å². The maximum Gasteiger partial charge on any atom is 0.326 e. The Bertz CT molecular complexity index is 753. The molecule has 0 radical (unpaired) electrons. The van der Waals surface area contributed by atoms with E-state index in [1.54, 1.807) is 13.8 Å². The Kier molecular flexibility index (Phi) is 6.42. The molecule has 1 aromatic rings. The molecule has 0 aromatic heterocycles. The highest BCUT2D eigenvalue weighted by molar-refractivity contribution is 5.77. The molecular weight excluding hydrogens is 364 g/mol. The molecule has 3 rings (SSSR count). The van der Waals surface area contributed by atoms with Crippen LogP contribution in [0.15, 0.2) is 12.1 Å². The van der Waals surface area contributed by atoms with Gasteiger partial charge in [0.2, 0.25) is 0 Å². The molecule has 2 heterocycles. The number of hydrogen-bond donors (Lipinski definition) is 2. The van der Waals surface area contributed by atoms with Crippen LogP contribution in [0, 0.1) is 25.7 Å².